The Labute approximate surface area is 265 Å². The second-order valence-corrected chi connectivity index (χ2v) is 14.6. The first kappa shape index (κ1) is 33.0. The van der Waals surface area contributed by atoms with Crippen LogP contribution in [-0.2, 0) is 14.3 Å². The van der Waals surface area contributed by atoms with Gasteiger partial charge in [0.15, 0.2) is 0 Å². The summed E-state index contributed by atoms with van der Waals surface area (Å²) in [5, 5.41) is 16.6. The van der Waals surface area contributed by atoms with Crippen LogP contribution in [0.4, 0.5) is 4.79 Å². The summed E-state index contributed by atoms with van der Waals surface area (Å²) in [7, 11) is 0. The largest absolute Gasteiger partial charge is 0.446 e. The number of nitrogens with zero attached hydrogens (tertiary/aromatic N) is 3. The fraction of sp³-hybridized carbons (Fsp3) is 0.886. The molecule has 0 aromatic carbocycles. The molecule has 246 valence electrons. The van der Waals surface area contributed by atoms with Crippen LogP contribution in [0.3, 0.4) is 0 Å². The van der Waals surface area contributed by atoms with Gasteiger partial charge in [0, 0.05) is 13.1 Å². The Balaban J connectivity index is 1.33. The van der Waals surface area contributed by atoms with Crippen molar-refractivity contribution >= 4 is 18.0 Å². The summed E-state index contributed by atoms with van der Waals surface area (Å²) in [6.07, 6.45) is 20.0. The third kappa shape index (κ3) is 9.34. The third-order valence-corrected chi connectivity index (χ3v) is 11.3. The van der Waals surface area contributed by atoms with Crippen molar-refractivity contribution in [2.75, 3.05) is 26.3 Å². The van der Waals surface area contributed by atoms with Gasteiger partial charge in [0.2, 0.25) is 11.9 Å². The number of hydrogen-bond acceptors (Lipinski definition) is 6. The molecule has 0 bridgehead atoms. The van der Waals surface area contributed by atoms with E-state index in [1.807, 2.05) is 4.90 Å². The van der Waals surface area contributed by atoms with E-state index in [1.165, 1.54) is 51.4 Å². The molecule has 1 heterocycles. The highest BCUT2D eigenvalue weighted by Gasteiger charge is 2.43. The van der Waals surface area contributed by atoms with Crippen molar-refractivity contribution in [2.24, 2.45) is 28.7 Å². The van der Waals surface area contributed by atoms with Crippen LogP contribution >= 0.6 is 0 Å². The molecule has 2 N–H and O–H groups in total. The van der Waals surface area contributed by atoms with E-state index in [9.17, 15) is 14.9 Å². The van der Waals surface area contributed by atoms with Crippen LogP contribution in [0.2, 0.25) is 0 Å². The zero-order chi connectivity index (χ0) is 30.8. The van der Waals surface area contributed by atoms with E-state index in [4.69, 9.17) is 14.5 Å². The van der Waals surface area contributed by atoms with Crippen molar-refractivity contribution in [1.29, 1.82) is 5.26 Å². The first-order valence-corrected chi connectivity index (χ1v) is 18.1. The molecule has 0 radical (unpaired) electrons. The lowest BCUT2D eigenvalue weighted by Gasteiger charge is -2.33. The number of carbonyl (C=O) groups excluding carboxylic acids is 2. The average molecular weight is 612 g/mol. The third-order valence-electron chi connectivity index (χ3n) is 11.3. The lowest BCUT2D eigenvalue weighted by molar-refractivity contribution is -0.124. The number of nitrogens with one attached hydrogen (secondary N) is 2. The summed E-state index contributed by atoms with van der Waals surface area (Å²) in [5.41, 5.74) is -0.837. The van der Waals surface area contributed by atoms with Crippen LogP contribution < -0.4 is 10.6 Å². The molecule has 2 amide bonds. The van der Waals surface area contributed by atoms with Gasteiger partial charge in [-0.2, -0.15) is 5.26 Å². The topological polar surface area (TPSA) is 116 Å². The highest BCUT2D eigenvalue weighted by atomic mass is 16.6. The fourth-order valence-electron chi connectivity index (χ4n) is 8.72. The summed E-state index contributed by atoms with van der Waals surface area (Å²) >= 11 is 0. The van der Waals surface area contributed by atoms with Gasteiger partial charge in [-0.15, -0.1) is 0 Å². The molecule has 5 fully saturated rings. The summed E-state index contributed by atoms with van der Waals surface area (Å²) in [6, 6.07) is 1.86. The van der Waals surface area contributed by atoms with E-state index in [2.05, 4.69) is 23.6 Å². The predicted octanol–water partition coefficient (Wildman–Crippen LogP) is 6.47. The van der Waals surface area contributed by atoms with E-state index < -0.39 is 17.7 Å². The number of aliphatic imine (C=N–C) groups is 1. The Morgan fingerprint density at radius 2 is 1.66 bits per heavy atom. The predicted molar refractivity (Wildman–Crippen MR) is 171 cm³/mol. The number of guanidine groups is 1. The number of nitriles is 1. The van der Waals surface area contributed by atoms with Gasteiger partial charge in [-0.1, -0.05) is 64.7 Å². The number of ether oxygens (including phenoxy) is 2. The molecule has 9 nitrogen and oxygen atoms in total. The zero-order valence-electron chi connectivity index (χ0n) is 27.2. The van der Waals surface area contributed by atoms with Gasteiger partial charge in [0.1, 0.15) is 17.7 Å². The number of rotatable bonds is 9. The summed E-state index contributed by atoms with van der Waals surface area (Å²) < 4.78 is 11.3. The summed E-state index contributed by atoms with van der Waals surface area (Å²) in [4.78, 5) is 34.3. The zero-order valence-corrected chi connectivity index (χ0v) is 27.2. The summed E-state index contributed by atoms with van der Waals surface area (Å²) in [6.45, 7) is 4.50. The van der Waals surface area contributed by atoms with Crippen LogP contribution in [-0.4, -0.2) is 66.8 Å². The maximum atomic E-state index is 14.2. The van der Waals surface area contributed by atoms with Crippen LogP contribution in [0.1, 0.15) is 129 Å². The highest BCUT2D eigenvalue weighted by Crippen LogP contribution is 2.41. The number of amides is 2. The molecule has 44 heavy (non-hydrogen) atoms. The van der Waals surface area contributed by atoms with Crippen molar-refractivity contribution in [3.05, 3.63) is 0 Å². The Kier molecular flexibility index (Phi) is 12.2. The standard InChI is InChI=1S/C35H57N5O4/c1-2-26-11-8-12-28(21-26)23-31(32(41)39-35(25-36)16-15-29(24-35)22-27-9-4-3-5-10-27)37-33(40-17-19-43-20-18-40)38-34(42)44-30-13-6-7-14-30/h26-31H,2-24H2,1H3,(H,39,41)(H,37,38,42). The van der Waals surface area contributed by atoms with E-state index in [-0.39, 0.29) is 12.0 Å². The molecule has 4 aliphatic carbocycles. The van der Waals surface area contributed by atoms with Crippen LogP contribution in [0.15, 0.2) is 4.99 Å². The SMILES string of the molecule is CCC1CCCC(CC(N=C(NC(=O)OC2CCCC2)N2CCOCC2)C(=O)NC2(C#N)CCC(CC3CCCCC3)C2)C1. The smallest absolute Gasteiger partial charge is 0.414 e. The van der Waals surface area contributed by atoms with E-state index in [0.29, 0.717) is 62.9 Å². The van der Waals surface area contributed by atoms with Crippen LogP contribution in [0.25, 0.3) is 0 Å². The molecule has 0 spiro atoms. The first-order valence-electron chi connectivity index (χ1n) is 18.1. The molecule has 1 saturated heterocycles. The molecule has 5 atom stereocenters. The normalized spacial score (nSPS) is 31.3. The molecule has 5 aliphatic rings. The maximum Gasteiger partial charge on any atom is 0.414 e. The molecule has 4 saturated carbocycles. The van der Waals surface area contributed by atoms with Crippen molar-refractivity contribution < 1.29 is 19.1 Å². The molecular weight excluding hydrogens is 554 g/mol. The summed E-state index contributed by atoms with van der Waals surface area (Å²) in [5.74, 6) is 2.54. The molecule has 5 rings (SSSR count). The number of carbonyl (C=O) groups is 2. The monoisotopic (exact) mass is 611 g/mol. The Morgan fingerprint density at radius 1 is 0.955 bits per heavy atom. The Morgan fingerprint density at radius 3 is 2.39 bits per heavy atom. The first-order chi connectivity index (χ1) is 21.4. The quantitative estimate of drug-likeness (QED) is 0.228. The van der Waals surface area contributed by atoms with Crippen molar-refractivity contribution in [3.63, 3.8) is 0 Å². The minimum absolute atomic E-state index is 0.0624. The van der Waals surface area contributed by atoms with Gasteiger partial charge >= 0.3 is 6.09 Å². The second kappa shape index (κ2) is 16.3. The van der Waals surface area contributed by atoms with Crippen LogP contribution in [0.5, 0.6) is 0 Å². The molecular formula is C35H57N5O4. The van der Waals surface area contributed by atoms with Gasteiger partial charge in [-0.05, 0) is 87.9 Å². The van der Waals surface area contributed by atoms with Crippen LogP contribution in [0, 0.1) is 35.0 Å². The highest BCUT2D eigenvalue weighted by molar-refractivity contribution is 5.96. The van der Waals surface area contributed by atoms with Gasteiger partial charge < -0.3 is 19.7 Å². The van der Waals surface area contributed by atoms with Crippen molar-refractivity contribution in [1.82, 2.24) is 15.5 Å². The molecule has 5 unspecified atom stereocenters. The Bertz CT molecular complexity index is 1010. The Hall–Kier alpha value is -2.34. The minimum atomic E-state index is -0.837. The van der Waals surface area contributed by atoms with Gasteiger partial charge in [-0.25, -0.2) is 9.79 Å². The van der Waals surface area contributed by atoms with E-state index in [0.717, 1.165) is 63.7 Å². The number of hydrogen-bond donors (Lipinski definition) is 2. The lowest BCUT2D eigenvalue weighted by Crippen LogP contribution is -2.52. The molecule has 0 aromatic heterocycles. The minimum Gasteiger partial charge on any atom is -0.446 e. The van der Waals surface area contributed by atoms with E-state index >= 15 is 0 Å². The molecule has 0 aromatic rings. The number of alkyl carbamates (subject to hydrolysis) is 1. The number of morpholine rings is 1. The second-order valence-electron chi connectivity index (χ2n) is 14.6. The lowest BCUT2D eigenvalue weighted by atomic mass is 9.77. The fourth-order valence-corrected chi connectivity index (χ4v) is 8.72. The van der Waals surface area contributed by atoms with Gasteiger partial charge in [0.05, 0.1) is 19.3 Å². The molecule has 9 heteroatoms. The van der Waals surface area contributed by atoms with Gasteiger partial charge in [0.25, 0.3) is 0 Å². The average Bonchev–Trinajstić information content (AvgIpc) is 3.71. The molecule has 1 aliphatic heterocycles. The van der Waals surface area contributed by atoms with E-state index in [1.54, 1.807) is 0 Å². The van der Waals surface area contributed by atoms with Crippen molar-refractivity contribution in [2.45, 2.75) is 147 Å². The van der Waals surface area contributed by atoms with Crippen molar-refractivity contribution in [3.8, 4) is 6.07 Å². The van der Waals surface area contributed by atoms with Gasteiger partial charge in [-0.3, -0.25) is 10.1 Å². The maximum absolute atomic E-state index is 14.2.